The second-order valence-electron chi connectivity index (χ2n) is 7.82. The molecule has 3 aromatic rings. The first-order valence-electron chi connectivity index (χ1n) is 10.1. The van der Waals surface area contributed by atoms with Gasteiger partial charge in [-0.3, -0.25) is 9.71 Å². The van der Waals surface area contributed by atoms with Crippen molar-refractivity contribution < 1.29 is 13.2 Å². The van der Waals surface area contributed by atoms with Crippen molar-refractivity contribution in [1.29, 1.82) is 5.26 Å². The van der Waals surface area contributed by atoms with Crippen molar-refractivity contribution in [2.45, 2.75) is 13.0 Å². The number of anilines is 2. The van der Waals surface area contributed by atoms with Crippen molar-refractivity contribution in [2.24, 2.45) is 0 Å². The molecule has 1 aliphatic heterocycles. The summed E-state index contributed by atoms with van der Waals surface area (Å²) < 4.78 is 31.2. The summed E-state index contributed by atoms with van der Waals surface area (Å²) in [4.78, 5) is 10.9. The van der Waals surface area contributed by atoms with E-state index in [-0.39, 0.29) is 11.6 Å². The standard InChI is InChI=1S/C22H24N6O3S/c1-14-13-28(7-6-24-14)21-17(10-23)12-25-19-5-4-15(8-18(19)21)16-9-20(27-32(3,29)30)22(31-2)26-11-16/h4-5,8-9,11-12,14,24,27H,6-7,13H2,1-3H3. The molecular weight excluding hydrogens is 428 g/mol. The number of piperazine rings is 1. The highest BCUT2D eigenvalue weighted by Crippen LogP contribution is 2.35. The van der Waals surface area contributed by atoms with E-state index < -0.39 is 10.0 Å². The Morgan fingerprint density at radius 3 is 2.75 bits per heavy atom. The number of nitrogens with one attached hydrogen (secondary N) is 2. The van der Waals surface area contributed by atoms with Crippen LogP contribution in [0, 0.1) is 11.3 Å². The van der Waals surface area contributed by atoms with Gasteiger partial charge in [0.15, 0.2) is 0 Å². The van der Waals surface area contributed by atoms with Crippen molar-refractivity contribution in [3.63, 3.8) is 0 Å². The fourth-order valence-corrected chi connectivity index (χ4v) is 4.51. The smallest absolute Gasteiger partial charge is 0.238 e. The first-order chi connectivity index (χ1) is 15.3. The molecule has 32 heavy (non-hydrogen) atoms. The Morgan fingerprint density at radius 2 is 2.06 bits per heavy atom. The molecule has 0 bridgehead atoms. The van der Waals surface area contributed by atoms with E-state index in [9.17, 15) is 13.7 Å². The second-order valence-corrected chi connectivity index (χ2v) is 9.57. The summed E-state index contributed by atoms with van der Waals surface area (Å²) in [6.45, 7) is 4.52. The van der Waals surface area contributed by atoms with Crippen LogP contribution >= 0.6 is 0 Å². The molecule has 166 valence electrons. The van der Waals surface area contributed by atoms with E-state index >= 15 is 0 Å². The summed E-state index contributed by atoms with van der Waals surface area (Å²) in [5.41, 5.74) is 3.96. The van der Waals surface area contributed by atoms with Crippen molar-refractivity contribution in [3.8, 4) is 23.1 Å². The van der Waals surface area contributed by atoms with Gasteiger partial charge in [0.25, 0.3) is 0 Å². The average molecular weight is 453 g/mol. The van der Waals surface area contributed by atoms with Gasteiger partial charge in [-0.05, 0) is 30.7 Å². The Balaban J connectivity index is 1.86. The van der Waals surface area contributed by atoms with Crippen LogP contribution in [0.15, 0.2) is 36.7 Å². The molecule has 0 saturated carbocycles. The number of rotatable bonds is 5. The molecule has 0 radical (unpaired) electrons. The molecule has 1 aliphatic rings. The maximum Gasteiger partial charge on any atom is 0.238 e. The molecule has 1 fully saturated rings. The van der Waals surface area contributed by atoms with Gasteiger partial charge in [-0.1, -0.05) is 6.07 Å². The van der Waals surface area contributed by atoms with Gasteiger partial charge in [0.1, 0.15) is 11.8 Å². The fraction of sp³-hybridized carbons (Fsp3) is 0.318. The van der Waals surface area contributed by atoms with Crippen LogP contribution in [0.5, 0.6) is 5.88 Å². The number of pyridine rings is 2. The zero-order chi connectivity index (χ0) is 22.9. The highest BCUT2D eigenvalue weighted by atomic mass is 32.2. The number of hydrogen-bond acceptors (Lipinski definition) is 8. The molecule has 1 aromatic carbocycles. The molecule has 9 nitrogen and oxygen atoms in total. The molecule has 2 aromatic heterocycles. The van der Waals surface area contributed by atoms with Gasteiger partial charge >= 0.3 is 0 Å². The summed E-state index contributed by atoms with van der Waals surface area (Å²) in [5.74, 6) is 0.184. The molecule has 1 unspecified atom stereocenters. The SMILES string of the molecule is COc1ncc(-c2ccc3ncc(C#N)c(N4CCNC(C)C4)c3c2)cc1NS(C)(=O)=O. The van der Waals surface area contributed by atoms with Crippen LogP contribution in [0.2, 0.25) is 0 Å². The number of nitriles is 1. The lowest BCUT2D eigenvalue weighted by atomic mass is 10.0. The van der Waals surface area contributed by atoms with Gasteiger partial charge in [0, 0.05) is 49.0 Å². The molecule has 4 rings (SSSR count). The maximum atomic E-state index is 11.8. The number of hydrogen-bond donors (Lipinski definition) is 2. The number of ether oxygens (including phenoxy) is 1. The van der Waals surface area contributed by atoms with Crippen LogP contribution in [-0.2, 0) is 10.0 Å². The molecule has 1 atom stereocenters. The summed E-state index contributed by atoms with van der Waals surface area (Å²) in [6, 6.07) is 10.0. The minimum atomic E-state index is -3.51. The third-order valence-electron chi connectivity index (χ3n) is 5.32. The Bertz CT molecular complexity index is 1320. The third-order valence-corrected chi connectivity index (χ3v) is 5.91. The highest BCUT2D eigenvalue weighted by molar-refractivity contribution is 7.92. The molecule has 2 N–H and O–H groups in total. The van der Waals surface area contributed by atoms with Gasteiger partial charge in [-0.15, -0.1) is 0 Å². The lowest BCUT2D eigenvalue weighted by molar-refractivity contribution is 0.400. The summed E-state index contributed by atoms with van der Waals surface area (Å²) in [5, 5.41) is 14.0. The number of sulfonamides is 1. The van der Waals surface area contributed by atoms with Crippen LogP contribution in [0.1, 0.15) is 12.5 Å². The number of aromatic nitrogens is 2. The van der Waals surface area contributed by atoms with Gasteiger partial charge in [0.2, 0.25) is 15.9 Å². The van der Waals surface area contributed by atoms with Crippen LogP contribution in [0.4, 0.5) is 11.4 Å². The number of benzene rings is 1. The first kappa shape index (κ1) is 21.8. The van der Waals surface area contributed by atoms with Gasteiger partial charge in [-0.2, -0.15) is 5.26 Å². The van der Waals surface area contributed by atoms with Gasteiger partial charge in [0.05, 0.1) is 30.1 Å². The van der Waals surface area contributed by atoms with E-state index in [0.29, 0.717) is 17.2 Å². The van der Waals surface area contributed by atoms with E-state index in [1.165, 1.54) is 7.11 Å². The Hall–Kier alpha value is -3.42. The Kier molecular flexibility index (Phi) is 5.86. The molecule has 1 saturated heterocycles. The molecule has 0 aliphatic carbocycles. The monoisotopic (exact) mass is 452 g/mol. The molecule has 0 amide bonds. The average Bonchev–Trinajstić information content (AvgIpc) is 2.76. The van der Waals surface area contributed by atoms with Crippen molar-refractivity contribution >= 4 is 32.3 Å². The predicted octanol–water partition coefficient (Wildman–Crippen LogP) is 2.35. The van der Waals surface area contributed by atoms with Crippen molar-refractivity contribution in [2.75, 3.05) is 42.6 Å². The summed E-state index contributed by atoms with van der Waals surface area (Å²) in [7, 11) is -2.08. The second kappa shape index (κ2) is 8.61. The number of methoxy groups -OCH3 is 1. The topological polar surface area (TPSA) is 120 Å². The summed E-state index contributed by atoms with van der Waals surface area (Å²) in [6.07, 6.45) is 4.32. The van der Waals surface area contributed by atoms with E-state index in [4.69, 9.17) is 4.74 Å². The van der Waals surface area contributed by atoms with Crippen LogP contribution < -0.4 is 19.7 Å². The molecule has 3 heterocycles. The summed E-state index contributed by atoms with van der Waals surface area (Å²) >= 11 is 0. The zero-order valence-corrected chi connectivity index (χ0v) is 18.9. The minimum absolute atomic E-state index is 0.184. The van der Waals surface area contributed by atoms with E-state index in [2.05, 4.69) is 37.9 Å². The lowest BCUT2D eigenvalue weighted by Crippen LogP contribution is -2.49. The zero-order valence-electron chi connectivity index (χ0n) is 18.1. The minimum Gasteiger partial charge on any atom is -0.480 e. The van der Waals surface area contributed by atoms with Crippen molar-refractivity contribution in [1.82, 2.24) is 15.3 Å². The van der Waals surface area contributed by atoms with Crippen LogP contribution in [0.3, 0.4) is 0 Å². The highest BCUT2D eigenvalue weighted by Gasteiger charge is 2.22. The normalized spacial score (nSPS) is 16.6. The molecule has 10 heteroatoms. The lowest BCUT2D eigenvalue weighted by Gasteiger charge is -2.34. The largest absolute Gasteiger partial charge is 0.480 e. The number of fused-ring (bicyclic) bond motifs is 1. The fourth-order valence-electron chi connectivity index (χ4n) is 3.96. The van der Waals surface area contributed by atoms with Gasteiger partial charge in [-0.25, -0.2) is 13.4 Å². The van der Waals surface area contributed by atoms with E-state index in [1.807, 2.05) is 18.2 Å². The predicted molar refractivity (Wildman–Crippen MR) is 124 cm³/mol. The third kappa shape index (κ3) is 4.44. The molecular formula is C22H24N6O3S. The quantitative estimate of drug-likeness (QED) is 0.605. The van der Waals surface area contributed by atoms with Crippen LogP contribution in [0.25, 0.3) is 22.0 Å². The Morgan fingerprint density at radius 1 is 1.25 bits per heavy atom. The van der Waals surface area contributed by atoms with E-state index in [0.717, 1.165) is 48.0 Å². The first-order valence-corrected chi connectivity index (χ1v) is 12.0. The number of nitrogens with zero attached hydrogens (tertiary/aromatic N) is 4. The van der Waals surface area contributed by atoms with Crippen LogP contribution in [-0.4, -0.2) is 57.4 Å². The van der Waals surface area contributed by atoms with Gasteiger partial charge < -0.3 is 15.0 Å². The Labute approximate surface area is 187 Å². The maximum absolute atomic E-state index is 11.8. The molecule has 0 spiro atoms. The van der Waals surface area contributed by atoms with E-state index in [1.54, 1.807) is 18.5 Å². The van der Waals surface area contributed by atoms with Crippen molar-refractivity contribution in [3.05, 3.63) is 42.2 Å².